The Morgan fingerprint density at radius 2 is 1.08 bits per heavy atom. The molecule has 50 heavy (non-hydrogen) atoms. The molecule has 3 nitrogen and oxygen atoms in total. The number of halogens is 3. The normalized spacial score (nSPS) is 11.5. The molecule has 0 saturated heterocycles. The van der Waals surface area contributed by atoms with Gasteiger partial charge in [-0.2, -0.15) is 0 Å². The summed E-state index contributed by atoms with van der Waals surface area (Å²) in [6.45, 7) is 0. The van der Waals surface area contributed by atoms with Crippen LogP contribution in [0.15, 0.2) is 168 Å². The Morgan fingerprint density at radius 1 is 0.480 bits per heavy atom. The maximum Gasteiger partial charge on any atom is 0.161 e. The molecule has 0 atom stereocenters. The van der Waals surface area contributed by atoms with Gasteiger partial charge in [-0.3, -0.25) is 0 Å². The third-order valence-corrected chi connectivity index (χ3v) is 9.18. The number of anilines is 3. The van der Waals surface area contributed by atoms with Gasteiger partial charge in [0, 0.05) is 40.0 Å². The molecule has 0 aliphatic heterocycles. The van der Waals surface area contributed by atoms with Gasteiger partial charge in [-0.25, -0.2) is 13.2 Å². The van der Waals surface area contributed by atoms with Gasteiger partial charge in [0.2, 0.25) is 0 Å². The maximum absolute atomic E-state index is 15.4. The molecule has 6 heteroatoms. The van der Waals surface area contributed by atoms with E-state index in [2.05, 4.69) is 34.9 Å². The van der Waals surface area contributed by atoms with Crippen molar-refractivity contribution in [3.05, 3.63) is 181 Å². The first-order valence-electron chi connectivity index (χ1n) is 16.3. The fraction of sp³-hybridized carbons (Fsp3) is 0. The predicted octanol–water partition coefficient (Wildman–Crippen LogP) is 12.8. The Labute approximate surface area is 285 Å². The highest BCUT2D eigenvalue weighted by atomic mass is 19.1. The Hall–Kier alpha value is -6.53. The fourth-order valence-electron chi connectivity index (χ4n) is 6.90. The van der Waals surface area contributed by atoms with E-state index in [0.717, 1.165) is 60.9 Å². The number of aromatic nitrogens is 1. The minimum Gasteiger partial charge on any atom is -0.454 e. The zero-order valence-electron chi connectivity index (χ0n) is 26.5. The van der Waals surface area contributed by atoms with Crippen molar-refractivity contribution in [3.63, 3.8) is 0 Å². The lowest BCUT2D eigenvalue weighted by Gasteiger charge is -2.27. The highest BCUT2D eigenvalue weighted by molar-refractivity contribution is 6.16. The number of para-hydroxylation sites is 2. The molecule has 0 radical (unpaired) electrons. The molecule has 0 aliphatic rings. The lowest BCUT2D eigenvalue weighted by molar-refractivity contribution is 0.545. The number of rotatable bonds is 6. The van der Waals surface area contributed by atoms with Gasteiger partial charge < -0.3 is 13.9 Å². The van der Waals surface area contributed by atoms with Crippen molar-refractivity contribution < 1.29 is 17.6 Å². The summed E-state index contributed by atoms with van der Waals surface area (Å²) >= 11 is 0. The molecule has 2 heterocycles. The summed E-state index contributed by atoms with van der Waals surface area (Å²) in [6.07, 6.45) is 0. The summed E-state index contributed by atoms with van der Waals surface area (Å²) in [5.74, 6) is -2.98. The van der Waals surface area contributed by atoms with Crippen molar-refractivity contribution in [1.82, 2.24) is 4.57 Å². The molecule has 0 amide bonds. The zero-order valence-corrected chi connectivity index (χ0v) is 26.5. The molecule has 0 aliphatic carbocycles. The topological polar surface area (TPSA) is 21.3 Å². The van der Waals surface area contributed by atoms with Crippen LogP contribution in [-0.2, 0) is 0 Å². The minimum absolute atomic E-state index is 0.359. The van der Waals surface area contributed by atoms with Crippen molar-refractivity contribution in [1.29, 1.82) is 0 Å². The van der Waals surface area contributed by atoms with Crippen molar-refractivity contribution in [3.8, 4) is 27.9 Å². The summed E-state index contributed by atoms with van der Waals surface area (Å²) in [7, 11) is 0. The van der Waals surface area contributed by atoms with Gasteiger partial charge in [0.25, 0.3) is 0 Å². The molecule has 0 saturated carbocycles. The Kier molecular flexibility index (Phi) is 7.02. The summed E-state index contributed by atoms with van der Waals surface area (Å²) in [6, 6.07) is 50.6. The molecular formula is C44H27F3N2O. The highest BCUT2D eigenvalue weighted by Gasteiger charge is 2.23. The van der Waals surface area contributed by atoms with Gasteiger partial charge in [0.05, 0.1) is 5.52 Å². The first kappa shape index (κ1) is 29.6. The van der Waals surface area contributed by atoms with Crippen molar-refractivity contribution >= 4 is 50.0 Å². The highest BCUT2D eigenvalue weighted by Crippen LogP contribution is 2.42. The molecule has 0 N–H and O–H groups in total. The molecule has 2 aromatic heterocycles. The second kappa shape index (κ2) is 11.9. The van der Waals surface area contributed by atoms with Crippen LogP contribution in [0.1, 0.15) is 0 Å². The van der Waals surface area contributed by atoms with E-state index in [0.29, 0.717) is 23.5 Å². The molecule has 0 bridgehead atoms. The molecule has 9 aromatic rings. The number of fused-ring (bicyclic) bond motifs is 5. The van der Waals surface area contributed by atoms with Crippen LogP contribution >= 0.6 is 0 Å². The smallest absolute Gasteiger partial charge is 0.161 e. The van der Waals surface area contributed by atoms with E-state index in [1.165, 1.54) is 4.90 Å². The number of benzene rings is 7. The largest absolute Gasteiger partial charge is 0.454 e. The van der Waals surface area contributed by atoms with Crippen LogP contribution in [0.2, 0.25) is 0 Å². The number of hydrogen-bond acceptors (Lipinski definition) is 2. The molecule has 0 unspecified atom stereocenters. The summed E-state index contributed by atoms with van der Waals surface area (Å²) < 4.78 is 53.5. The first-order chi connectivity index (χ1) is 24.5. The van der Waals surface area contributed by atoms with E-state index in [4.69, 9.17) is 4.42 Å². The predicted molar refractivity (Wildman–Crippen MR) is 196 cm³/mol. The Bertz CT molecular complexity index is 2650. The molecule has 7 aromatic carbocycles. The third kappa shape index (κ3) is 4.92. The average molecular weight is 657 g/mol. The van der Waals surface area contributed by atoms with Crippen LogP contribution in [0.3, 0.4) is 0 Å². The van der Waals surface area contributed by atoms with Gasteiger partial charge in [-0.1, -0.05) is 91.0 Å². The van der Waals surface area contributed by atoms with E-state index in [9.17, 15) is 4.39 Å². The first-order valence-corrected chi connectivity index (χ1v) is 16.3. The fourth-order valence-corrected chi connectivity index (χ4v) is 6.90. The molecule has 0 spiro atoms. The monoisotopic (exact) mass is 656 g/mol. The van der Waals surface area contributed by atoms with Gasteiger partial charge in [0.15, 0.2) is 17.2 Å². The van der Waals surface area contributed by atoms with Crippen LogP contribution in [0.25, 0.3) is 60.9 Å². The summed E-state index contributed by atoms with van der Waals surface area (Å²) in [4.78, 5) is 1.49. The van der Waals surface area contributed by atoms with Crippen molar-refractivity contribution in [2.75, 3.05) is 4.90 Å². The van der Waals surface area contributed by atoms with Crippen LogP contribution in [0, 0.1) is 17.5 Å². The van der Waals surface area contributed by atoms with Gasteiger partial charge in [-0.05, 0) is 82.9 Å². The molecular weight excluding hydrogens is 629 g/mol. The molecule has 9 rings (SSSR count). The van der Waals surface area contributed by atoms with E-state index in [-0.39, 0.29) is 5.69 Å². The SMILES string of the molecule is Fc1cc(F)c(N(c2ccc(-c3ccccc3)cc2)c2cccc(-c3ccc(-n4c5ccccc5c5oc6ccccc6c54)cc3)c2)c(F)c1. The lowest BCUT2D eigenvalue weighted by Crippen LogP contribution is -2.14. The number of nitrogens with zero attached hydrogens (tertiary/aromatic N) is 2. The van der Waals surface area contributed by atoms with Crippen LogP contribution in [0.4, 0.5) is 30.2 Å². The standard InChI is InChI=1S/C44H27F3N2O/c45-32-26-38(46)43(39(47)27-32)48(33-21-17-29(18-22-33)28-9-2-1-3-10-28)35-12-8-11-31(25-35)30-19-23-34(24-20-30)49-40-15-6-4-13-36(40)44-42(49)37-14-5-7-16-41(37)50-44/h1-27H. The van der Waals surface area contributed by atoms with E-state index >= 15 is 8.78 Å². The Morgan fingerprint density at radius 3 is 1.84 bits per heavy atom. The quantitative estimate of drug-likeness (QED) is 0.178. The van der Waals surface area contributed by atoms with Crippen LogP contribution in [0.5, 0.6) is 0 Å². The van der Waals surface area contributed by atoms with Crippen molar-refractivity contribution in [2.24, 2.45) is 0 Å². The van der Waals surface area contributed by atoms with Gasteiger partial charge in [0.1, 0.15) is 22.6 Å². The number of furan rings is 1. The third-order valence-electron chi connectivity index (χ3n) is 9.18. The van der Waals surface area contributed by atoms with E-state index in [1.807, 2.05) is 115 Å². The lowest BCUT2D eigenvalue weighted by atomic mass is 10.0. The van der Waals surface area contributed by atoms with E-state index < -0.39 is 17.5 Å². The minimum atomic E-state index is -0.999. The second-order valence-corrected chi connectivity index (χ2v) is 12.2. The summed E-state index contributed by atoms with van der Waals surface area (Å²) in [5.41, 5.74) is 9.12. The maximum atomic E-state index is 15.4. The van der Waals surface area contributed by atoms with Gasteiger partial charge in [-0.15, -0.1) is 0 Å². The molecule has 0 fully saturated rings. The Balaban J connectivity index is 1.14. The van der Waals surface area contributed by atoms with Gasteiger partial charge >= 0.3 is 0 Å². The summed E-state index contributed by atoms with van der Waals surface area (Å²) in [5, 5.41) is 2.07. The average Bonchev–Trinajstić information content (AvgIpc) is 3.68. The van der Waals surface area contributed by atoms with Crippen molar-refractivity contribution in [2.45, 2.75) is 0 Å². The zero-order chi connectivity index (χ0) is 33.8. The molecule has 240 valence electrons. The van der Waals surface area contributed by atoms with Crippen LogP contribution < -0.4 is 4.90 Å². The second-order valence-electron chi connectivity index (χ2n) is 12.2. The van der Waals surface area contributed by atoms with E-state index in [1.54, 1.807) is 6.07 Å². The van der Waals surface area contributed by atoms with Crippen LogP contribution in [-0.4, -0.2) is 4.57 Å². The number of hydrogen-bond donors (Lipinski definition) is 0.